The van der Waals surface area contributed by atoms with E-state index in [4.69, 9.17) is 4.74 Å². The molecule has 85 valence electrons. The Morgan fingerprint density at radius 2 is 2.27 bits per heavy atom. The number of nitrogens with one attached hydrogen (secondary N) is 1. The molecule has 0 spiro atoms. The number of carbonyl (C=O) groups excluding carboxylic acids is 1. The number of amides is 1. The molecule has 1 radical (unpaired) electrons. The van der Waals surface area contributed by atoms with Crippen molar-refractivity contribution < 1.29 is 9.53 Å². The van der Waals surface area contributed by atoms with Crippen molar-refractivity contribution in [1.82, 2.24) is 5.32 Å². The molecule has 3 nitrogen and oxygen atoms in total. The lowest BCUT2D eigenvalue weighted by molar-refractivity contribution is -0.112. The molecule has 1 aliphatic carbocycles. The van der Waals surface area contributed by atoms with Crippen LogP contribution in [0.2, 0.25) is 0 Å². The summed E-state index contributed by atoms with van der Waals surface area (Å²) < 4.78 is 5.67. The van der Waals surface area contributed by atoms with Gasteiger partial charge in [0.25, 0.3) is 0 Å². The summed E-state index contributed by atoms with van der Waals surface area (Å²) in [7, 11) is 0. The Morgan fingerprint density at radius 1 is 1.47 bits per heavy atom. The van der Waals surface area contributed by atoms with E-state index < -0.39 is 0 Å². The fourth-order valence-corrected chi connectivity index (χ4v) is 1.70. The average Bonchev–Trinajstić information content (AvgIpc) is 2.20. The minimum atomic E-state index is -0.270. The Kier molecular flexibility index (Phi) is 5.90. The third-order valence-corrected chi connectivity index (χ3v) is 2.56. The molecule has 1 N–H and O–H groups in total. The lowest BCUT2D eigenvalue weighted by atomic mass is 10.1. The van der Waals surface area contributed by atoms with E-state index in [-0.39, 0.29) is 6.23 Å². The van der Waals surface area contributed by atoms with Gasteiger partial charge in [0, 0.05) is 12.8 Å². The minimum absolute atomic E-state index is 0.270. The maximum absolute atomic E-state index is 10.3. The largest absolute Gasteiger partial charge is 0.475 e. The van der Waals surface area contributed by atoms with Crippen LogP contribution in [0.15, 0.2) is 11.8 Å². The Balaban J connectivity index is 2.41. The molecule has 0 aromatic heterocycles. The molecule has 15 heavy (non-hydrogen) atoms. The Bertz CT molecular complexity index is 214. The molecule has 0 aromatic rings. The molecule has 0 fully saturated rings. The van der Waals surface area contributed by atoms with Gasteiger partial charge in [-0.15, -0.1) is 0 Å². The van der Waals surface area contributed by atoms with E-state index in [1.807, 2.05) is 0 Å². The Morgan fingerprint density at radius 3 is 3.00 bits per heavy atom. The molecule has 1 aliphatic rings. The van der Waals surface area contributed by atoms with Gasteiger partial charge in [0.15, 0.2) is 6.23 Å². The van der Waals surface area contributed by atoms with Gasteiger partial charge in [0.2, 0.25) is 6.41 Å². The smallest absolute Gasteiger partial charge is 0.209 e. The minimum Gasteiger partial charge on any atom is -0.475 e. The number of allylic oxidation sites excluding steroid dienone is 2. The number of hydrogen-bond acceptors (Lipinski definition) is 2. The molecule has 3 heteroatoms. The molecule has 1 amide bonds. The van der Waals surface area contributed by atoms with Crippen LogP contribution >= 0.6 is 0 Å². The molecule has 0 saturated heterocycles. The summed E-state index contributed by atoms with van der Waals surface area (Å²) in [5.74, 6) is 1.01. The monoisotopic (exact) mass is 210 g/mol. The summed E-state index contributed by atoms with van der Waals surface area (Å²) in [5, 5.41) is 2.61. The van der Waals surface area contributed by atoms with Crippen LogP contribution in [0, 0.1) is 6.92 Å². The van der Waals surface area contributed by atoms with E-state index in [0.29, 0.717) is 12.8 Å². The number of hydrogen-bond donors (Lipinski definition) is 1. The zero-order chi connectivity index (χ0) is 10.9. The second kappa shape index (κ2) is 7.32. The zero-order valence-corrected chi connectivity index (χ0v) is 9.21. The quantitative estimate of drug-likeness (QED) is 0.559. The van der Waals surface area contributed by atoms with Gasteiger partial charge in [-0.3, -0.25) is 4.79 Å². The first-order valence-electron chi connectivity index (χ1n) is 5.71. The van der Waals surface area contributed by atoms with E-state index in [2.05, 4.69) is 18.3 Å². The highest BCUT2D eigenvalue weighted by Gasteiger charge is 2.09. The van der Waals surface area contributed by atoms with Crippen molar-refractivity contribution in [2.75, 3.05) is 0 Å². The first-order chi connectivity index (χ1) is 7.36. The van der Waals surface area contributed by atoms with Gasteiger partial charge in [0.1, 0.15) is 0 Å². The van der Waals surface area contributed by atoms with Gasteiger partial charge in [-0.05, 0) is 32.3 Å². The average molecular weight is 210 g/mol. The Hall–Kier alpha value is -0.990. The highest BCUT2D eigenvalue weighted by molar-refractivity contribution is 5.46. The normalized spacial score (nSPS) is 19.4. The van der Waals surface area contributed by atoms with Crippen LogP contribution in [-0.2, 0) is 9.53 Å². The maximum Gasteiger partial charge on any atom is 0.209 e. The molecule has 0 aromatic carbocycles. The summed E-state index contributed by atoms with van der Waals surface area (Å²) in [6.07, 6.45) is 10.2. The topological polar surface area (TPSA) is 38.3 Å². The van der Waals surface area contributed by atoms with Crippen molar-refractivity contribution in [1.29, 1.82) is 0 Å². The van der Waals surface area contributed by atoms with Gasteiger partial charge in [0.05, 0.1) is 5.76 Å². The number of rotatable bonds is 5. The molecule has 0 bridgehead atoms. The second-order valence-corrected chi connectivity index (χ2v) is 3.80. The van der Waals surface area contributed by atoms with Crippen LogP contribution in [0.1, 0.15) is 44.9 Å². The van der Waals surface area contributed by atoms with Gasteiger partial charge in [-0.2, -0.15) is 0 Å². The van der Waals surface area contributed by atoms with Gasteiger partial charge < -0.3 is 10.1 Å². The SMILES string of the molecule is [CH2]CC(NC=O)OC1=CCCCCCC1. The summed E-state index contributed by atoms with van der Waals surface area (Å²) in [6.45, 7) is 3.74. The van der Waals surface area contributed by atoms with Crippen molar-refractivity contribution >= 4 is 6.41 Å². The molecular weight excluding hydrogens is 190 g/mol. The maximum atomic E-state index is 10.3. The van der Waals surface area contributed by atoms with Gasteiger partial charge in [-0.25, -0.2) is 0 Å². The summed E-state index contributed by atoms with van der Waals surface area (Å²) in [6, 6.07) is 0. The first kappa shape index (κ1) is 12.1. The van der Waals surface area contributed by atoms with Gasteiger partial charge in [-0.1, -0.05) is 12.8 Å². The molecule has 0 aliphatic heterocycles. The highest BCUT2D eigenvalue weighted by Crippen LogP contribution is 2.19. The van der Waals surface area contributed by atoms with Crippen molar-refractivity contribution in [2.24, 2.45) is 0 Å². The van der Waals surface area contributed by atoms with Crippen LogP contribution in [-0.4, -0.2) is 12.6 Å². The molecule has 0 saturated carbocycles. The zero-order valence-electron chi connectivity index (χ0n) is 9.21. The Labute approximate surface area is 91.9 Å². The fourth-order valence-electron chi connectivity index (χ4n) is 1.70. The lowest BCUT2D eigenvalue weighted by Crippen LogP contribution is -2.29. The predicted molar refractivity (Wildman–Crippen MR) is 59.8 cm³/mol. The molecule has 1 rings (SSSR count). The standard InChI is InChI=1S/C12H20NO2/c1-2-12(13-10-14)15-11-8-6-4-3-5-7-9-11/h8,10,12H,1-7,9H2,(H,13,14). The van der Waals surface area contributed by atoms with Crippen LogP contribution in [0.5, 0.6) is 0 Å². The van der Waals surface area contributed by atoms with E-state index in [1.54, 1.807) is 0 Å². The van der Waals surface area contributed by atoms with Crippen molar-refractivity contribution in [3.8, 4) is 0 Å². The van der Waals surface area contributed by atoms with Gasteiger partial charge >= 0.3 is 0 Å². The summed E-state index contributed by atoms with van der Waals surface area (Å²) in [4.78, 5) is 10.3. The number of ether oxygens (including phenoxy) is 1. The molecule has 1 atom stereocenters. The highest BCUT2D eigenvalue weighted by atomic mass is 16.5. The van der Waals surface area contributed by atoms with E-state index in [1.165, 1.54) is 25.7 Å². The van der Waals surface area contributed by atoms with Crippen molar-refractivity contribution in [3.63, 3.8) is 0 Å². The fraction of sp³-hybridized carbons (Fsp3) is 0.667. The predicted octanol–water partition coefficient (Wildman–Crippen LogP) is 2.54. The van der Waals surface area contributed by atoms with Crippen LogP contribution in [0.25, 0.3) is 0 Å². The second-order valence-electron chi connectivity index (χ2n) is 3.80. The molecule has 0 heterocycles. The molecular formula is C12H20NO2. The van der Waals surface area contributed by atoms with Crippen LogP contribution in [0.3, 0.4) is 0 Å². The third-order valence-electron chi connectivity index (χ3n) is 2.56. The summed E-state index contributed by atoms with van der Waals surface area (Å²) in [5.41, 5.74) is 0. The number of carbonyl (C=O) groups is 1. The van der Waals surface area contributed by atoms with Crippen molar-refractivity contribution in [3.05, 3.63) is 18.8 Å². The summed E-state index contributed by atoms with van der Waals surface area (Å²) >= 11 is 0. The van der Waals surface area contributed by atoms with Crippen molar-refractivity contribution in [2.45, 2.75) is 51.2 Å². The van der Waals surface area contributed by atoms with E-state index in [9.17, 15) is 4.79 Å². The van der Waals surface area contributed by atoms with Crippen LogP contribution in [0.4, 0.5) is 0 Å². The van der Waals surface area contributed by atoms with E-state index >= 15 is 0 Å². The van der Waals surface area contributed by atoms with Crippen LogP contribution < -0.4 is 5.32 Å². The van der Waals surface area contributed by atoms with E-state index in [0.717, 1.165) is 18.6 Å². The molecule has 1 unspecified atom stereocenters. The first-order valence-corrected chi connectivity index (χ1v) is 5.71. The third kappa shape index (κ3) is 4.86. The lowest BCUT2D eigenvalue weighted by Gasteiger charge is -2.20.